The van der Waals surface area contributed by atoms with E-state index in [1.54, 1.807) is 7.05 Å². The van der Waals surface area contributed by atoms with Crippen molar-refractivity contribution in [3.05, 3.63) is 12.7 Å². The summed E-state index contributed by atoms with van der Waals surface area (Å²) in [5.41, 5.74) is 0.827. The van der Waals surface area contributed by atoms with E-state index in [-0.39, 0.29) is 6.54 Å². The zero-order chi connectivity index (χ0) is 19.6. The maximum absolute atomic E-state index is 11.6. The van der Waals surface area contributed by atoms with E-state index in [0.717, 1.165) is 0 Å². The molecule has 0 bridgehead atoms. The summed E-state index contributed by atoms with van der Waals surface area (Å²) < 4.78 is 46.4. The van der Waals surface area contributed by atoms with E-state index in [1.807, 2.05) is 0 Å². The lowest BCUT2D eigenvalue weighted by atomic mass is 10.5. The molecule has 2 unspecified atom stereocenters. The Morgan fingerprint density at radius 1 is 1.08 bits per heavy atom. The number of imidazole rings is 1. The van der Waals surface area contributed by atoms with Gasteiger partial charge in [-0.2, -0.15) is 8.62 Å². The van der Waals surface area contributed by atoms with Crippen molar-refractivity contribution >= 4 is 40.4 Å². The zero-order valence-electron chi connectivity index (χ0n) is 12.9. The summed E-state index contributed by atoms with van der Waals surface area (Å²) in [6.07, 6.45) is 2.63. The number of phosphoric acid groups is 3. The first-order chi connectivity index (χ1) is 11.9. The summed E-state index contributed by atoms with van der Waals surface area (Å²) in [5.74, 6) is 0.460. The Bertz CT molecular complexity index is 927. The average molecular weight is 433 g/mol. The molecule has 2 heterocycles. The molecule has 0 fully saturated rings. The molecule has 26 heavy (non-hydrogen) atoms. The molecule has 0 aromatic carbocycles. The minimum absolute atomic E-state index is 0.0559. The van der Waals surface area contributed by atoms with Crippen LogP contribution in [-0.2, 0) is 33.4 Å². The Morgan fingerprint density at radius 2 is 1.77 bits per heavy atom. The third kappa shape index (κ3) is 5.89. The first-order valence-electron chi connectivity index (χ1n) is 6.54. The average Bonchev–Trinajstić information content (AvgIpc) is 2.86. The van der Waals surface area contributed by atoms with Gasteiger partial charge in [0.25, 0.3) is 0 Å². The molecule has 2 rings (SSSR count). The van der Waals surface area contributed by atoms with Gasteiger partial charge in [0.05, 0.1) is 12.9 Å². The van der Waals surface area contributed by atoms with Gasteiger partial charge in [-0.1, -0.05) is 0 Å². The molecule has 0 spiro atoms. The number of phosphoric ester groups is 1. The Balaban J connectivity index is 2.00. The van der Waals surface area contributed by atoms with Gasteiger partial charge in [0, 0.05) is 13.6 Å². The highest BCUT2D eigenvalue weighted by molar-refractivity contribution is 7.66. The van der Waals surface area contributed by atoms with Crippen LogP contribution in [0.25, 0.3) is 11.2 Å². The smallest absolute Gasteiger partial charge is 0.371 e. The summed E-state index contributed by atoms with van der Waals surface area (Å²) in [5, 5.41) is 2.81. The van der Waals surface area contributed by atoms with Gasteiger partial charge in [0.2, 0.25) is 0 Å². The van der Waals surface area contributed by atoms with Crippen molar-refractivity contribution in [2.75, 3.05) is 19.0 Å². The molecule has 0 aliphatic heterocycles. The molecule has 18 heteroatoms. The molecule has 0 saturated heterocycles. The largest absolute Gasteiger partial charge is 0.490 e. The fourth-order valence-electron chi connectivity index (χ4n) is 1.79. The second-order valence-electron chi connectivity index (χ2n) is 4.51. The van der Waals surface area contributed by atoms with Gasteiger partial charge in [-0.15, -0.1) is 0 Å². The van der Waals surface area contributed by atoms with E-state index in [9.17, 15) is 18.6 Å². The fourth-order valence-corrected chi connectivity index (χ4v) is 4.79. The monoisotopic (exact) mass is 433 g/mol. The standard InChI is InChI=1S/C8H14N5O10P3/c1-9-7-6-8(11-4-10-7)13(5-12-6)2-3-21-25(17,18)23-26(19,20)22-24(14,15)16/h4-5H,2-3H2,1H3,(H,17,18)(H,19,20)(H,9,10,11)(H2,14,15,16). The first kappa shape index (κ1) is 21.1. The molecule has 2 aromatic rings. The summed E-state index contributed by atoms with van der Waals surface area (Å²) in [4.78, 5) is 47.3. The van der Waals surface area contributed by atoms with Gasteiger partial charge in [0.15, 0.2) is 11.5 Å². The lowest BCUT2D eigenvalue weighted by molar-refractivity contribution is 0.168. The topological polar surface area (TPSA) is 215 Å². The molecule has 0 radical (unpaired) electrons. The van der Waals surface area contributed by atoms with E-state index in [4.69, 9.17) is 14.7 Å². The predicted molar refractivity (Wildman–Crippen MR) is 84.7 cm³/mol. The molecule has 146 valence electrons. The molecular weight excluding hydrogens is 419 g/mol. The normalized spacial score (nSPS) is 17.0. The number of aromatic nitrogens is 4. The van der Waals surface area contributed by atoms with Crippen molar-refractivity contribution in [1.29, 1.82) is 0 Å². The maximum Gasteiger partial charge on any atom is 0.490 e. The minimum atomic E-state index is -5.53. The number of nitrogens with one attached hydrogen (secondary N) is 1. The van der Waals surface area contributed by atoms with Gasteiger partial charge in [-0.3, -0.25) is 4.52 Å². The molecule has 2 aromatic heterocycles. The van der Waals surface area contributed by atoms with Gasteiger partial charge < -0.3 is 29.5 Å². The van der Waals surface area contributed by atoms with Crippen LogP contribution < -0.4 is 5.32 Å². The van der Waals surface area contributed by atoms with Crippen LogP contribution in [0.1, 0.15) is 0 Å². The Morgan fingerprint density at radius 3 is 2.38 bits per heavy atom. The molecular formula is C8H14N5O10P3. The van der Waals surface area contributed by atoms with Crippen LogP contribution in [0.5, 0.6) is 0 Å². The number of nitrogens with zero attached hydrogens (tertiary/aromatic N) is 4. The van der Waals surface area contributed by atoms with E-state index >= 15 is 0 Å². The SMILES string of the molecule is CNc1ncnc2c1ncn2CCOP(=O)(O)OP(=O)(O)OP(=O)(O)O. The third-order valence-corrected chi connectivity index (χ3v) is 6.48. The van der Waals surface area contributed by atoms with Gasteiger partial charge in [0.1, 0.15) is 11.8 Å². The van der Waals surface area contributed by atoms with Crippen LogP contribution >= 0.6 is 23.5 Å². The van der Waals surface area contributed by atoms with Crippen LogP contribution in [0.3, 0.4) is 0 Å². The van der Waals surface area contributed by atoms with Gasteiger partial charge in [-0.25, -0.2) is 28.6 Å². The summed E-state index contributed by atoms with van der Waals surface area (Å²) >= 11 is 0. The lowest BCUT2D eigenvalue weighted by Crippen LogP contribution is -2.06. The highest BCUT2D eigenvalue weighted by Crippen LogP contribution is 2.66. The van der Waals surface area contributed by atoms with Crippen molar-refractivity contribution in [2.45, 2.75) is 6.54 Å². The second-order valence-corrected chi connectivity index (χ2v) is 8.93. The summed E-state index contributed by atoms with van der Waals surface area (Å²) in [7, 11) is -14.5. The van der Waals surface area contributed by atoms with E-state index in [0.29, 0.717) is 17.0 Å². The molecule has 0 amide bonds. The van der Waals surface area contributed by atoms with Crippen molar-refractivity contribution in [3.8, 4) is 0 Å². The van der Waals surface area contributed by atoms with Gasteiger partial charge >= 0.3 is 23.5 Å². The Hall–Kier alpha value is -1.24. The van der Waals surface area contributed by atoms with Crippen LogP contribution in [0.15, 0.2) is 12.7 Å². The van der Waals surface area contributed by atoms with E-state index < -0.39 is 30.1 Å². The molecule has 0 aliphatic rings. The highest BCUT2D eigenvalue weighted by Gasteiger charge is 2.40. The van der Waals surface area contributed by atoms with Crippen LogP contribution in [0, 0.1) is 0 Å². The molecule has 0 saturated carbocycles. The fraction of sp³-hybridized carbons (Fsp3) is 0.375. The molecule has 15 nitrogen and oxygen atoms in total. The first-order valence-corrected chi connectivity index (χ1v) is 11.1. The predicted octanol–water partition coefficient (Wildman–Crippen LogP) is 0.211. The number of hydrogen-bond donors (Lipinski definition) is 5. The number of fused-ring (bicyclic) bond motifs is 1. The molecule has 2 atom stereocenters. The van der Waals surface area contributed by atoms with Gasteiger partial charge in [-0.05, 0) is 0 Å². The van der Waals surface area contributed by atoms with Crippen molar-refractivity contribution in [2.24, 2.45) is 0 Å². The Kier molecular flexibility index (Phi) is 6.31. The third-order valence-electron chi connectivity index (χ3n) is 2.64. The summed E-state index contributed by atoms with van der Waals surface area (Å²) in [6.45, 7) is -0.548. The zero-order valence-corrected chi connectivity index (χ0v) is 15.6. The number of rotatable bonds is 9. The van der Waals surface area contributed by atoms with Crippen molar-refractivity contribution < 1.29 is 46.4 Å². The van der Waals surface area contributed by atoms with Crippen molar-refractivity contribution in [1.82, 2.24) is 19.5 Å². The van der Waals surface area contributed by atoms with E-state index in [2.05, 4.69) is 33.4 Å². The van der Waals surface area contributed by atoms with Crippen LogP contribution in [0.2, 0.25) is 0 Å². The number of hydrogen-bond acceptors (Lipinski definition) is 10. The second kappa shape index (κ2) is 7.79. The maximum atomic E-state index is 11.6. The van der Waals surface area contributed by atoms with Crippen LogP contribution in [0.4, 0.5) is 5.82 Å². The van der Waals surface area contributed by atoms with Crippen LogP contribution in [-0.4, -0.2) is 52.7 Å². The minimum Gasteiger partial charge on any atom is -0.371 e. The van der Waals surface area contributed by atoms with Crippen molar-refractivity contribution in [3.63, 3.8) is 0 Å². The number of anilines is 1. The highest BCUT2D eigenvalue weighted by atomic mass is 31.3. The molecule has 5 N–H and O–H groups in total. The lowest BCUT2D eigenvalue weighted by Gasteiger charge is -2.16. The van der Waals surface area contributed by atoms with E-state index in [1.165, 1.54) is 17.2 Å². The Labute approximate surface area is 145 Å². The molecule has 0 aliphatic carbocycles. The quantitative estimate of drug-likeness (QED) is 0.334. The summed E-state index contributed by atoms with van der Waals surface area (Å²) in [6, 6.07) is 0.